The van der Waals surface area contributed by atoms with Crippen LogP contribution in [0.4, 0.5) is 17.3 Å². The molecular formula is C32H34N8O2S2. The van der Waals surface area contributed by atoms with Crippen LogP contribution in [0.2, 0.25) is 0 Å². The molecule has 0 radical (unpaired) electrons. The van der Waals surface area contributed by atoms with E-state index in [1.807, 2.05) is 30.5 Å². The average molecular weight is 627 g/mol. The summed E-state index contributed by atoms with van der Waals surface area (Å²) in [4.78, 5) is 35.4. The Kier molecular flexibility index (Phi) is 7.43. The zero-order chi connectivity index (χ0) is 30.4. The summed E-state index contributed by atoms with van der Waals surface area (Å²) >= 11 is 1.35. The molecule has 2 fully saturated rings. The quantitative estimate of drug-likeness (QED) is 0.235. The summed E-state index contributed by atoms with van der Waals surface area (Å²) in [7, 11) is -0.256. The predicted molar refractivity (Wildman–Crippen MR) is 179 cm³/mol. The molecule has 1 atom stereocenters. The van der Waals surface area contributed by atoms with E-state index in [0.717, 1.165) is 55.7 Å². The molecule has 1 aliphatic heterocycles. The first-order chi connectivity index (χ1) is 21.3. The summed E-state index contributed by atoms with van der Waals surface area (Å²) in [5.74, 6) is 4.38. The maximum Gasteiger partial charge on any atom is 0.268 e. The smallest absolute Gasteiger partial charge is 0.268 e. The van der Waals surface area contributed by atoms with E-state index >= 15 is 0 Å². The Morgan fingerprint density at radius 2 is 1.84 bits per heavy atom. The lowest BCUT2D eigenvalue weighted by Crippen LogP contribution is -2.41. The number of piperidine rings is 1. The van der Waals surface area contributed by atoms with Crippen LogP contribution in [0.5, 0.6) is 0 Å². The molecule has 4 aromatic heterocycles. The Hall–Kier alpha value is -4.13. The number of pyridine rings is 2. The van der Waals surface area contributed by atoms with Crippen molar-refractivity contribution in [3.05, 3.63) is 76.3 Å². The van der Waals surface area contributed by atoms with Gasteiger partial charge in [0.2, 0.25) is 5.95 Å². The molecule has 2 aliphatic rings. The molecule has 7 rings (SSSR count). The van der Waals surface area contributed by atoms with Gasteiger partial charge in [-0.25, -0.2) is 14.5 Å². The molecule has 0 bridgehead atoms. The first-order valence-corrected chi connectivity index (χ1v) is 17.4. The molecule has 226 valence electrons. The van der Waals surface area contributed by atoms with Gasteiger partial charge in [0.05, 0.1) is 11.3 Å². The third-order valence-corrected chi connectivity index (χ3v) is 11.8. The number of hydrogen-bond donors (Lipinski definition) is 2. The van der Waals surface area contributed by atoms with Crippen molar-refractivity contribution in [1.82, 2.24) is 29.8 Å². The Balaban J connectivity index is 1.23. The highest BCUT2D eigenvalue weighted by Gasteiger charge is 2.32. The van der Waals surface area contributed by atoms with Crippen LogP contribution in [-0.4, -0.2) is 66.0 Å². The van der Waals surface area contributed by atoms with Crippen molar-refractivity contribution in [2.45, 2.75) is 48.8 Å². The number of thiazole rings is 1. The Morgan fingerprint density at radius 1 is 1.07 bits per heavy atom. The van der Waals surface area contributed by atoms with E-state index in [9.17, 15) is 9.00 Å². The van der Waals surface area contributed by atoms with E-state index < -0.39 is 9.52 Å². The monoisotopic (exact) mass is 626 g/mol. The number of fused-ring (bicyclic) bond motifs is 1. The van der Waals surface area contributed by atoms with Gasteiger partial charge >= 0.3 is 0 Å². The molecule has 1 aromatic carbocycles. The van der Waals surface area contributed by atoms with Gasteiger partial charge in [-0.1, -0.05) is 0 Å². The summed E-state index contributed by atoms with van der Waals surface area (Å²) in [5, 5.41) is 9.82. The lowest BCUT2D eigenvalue weighted by atomic mass is 10.0. The van der Waals surface area contributed by atoms with Crippen LogP contribution in [-0.2, 0) is 9.52 Å². The molecule has 12 heteroatoms. The number of rotatable bonds is 8. The first kappa shape index (κ1) is 28.6. The fourth-order valence-electron chi connectivity index (χ4n) is 5.81. The first-order valence-electron chi connectivity index (χ1n) is 14.8. The zero-order valence-corrected chi connectivity index (χ0v) is 26.3. The second kappa shape index (κ2) is 11.4. The third-order valence-electron chi connectivity index (χ3n) is 8.51. The van der Waals surface area contributed by atoms with Gasteiger partial charge in [-0.3, -0.25) is 14.0 Å². The summed E-state index contributed by atoms with van der Waals surface area (Å²) in [6.07, 6.45) is 9.07. The van der Waals surface area contributed by atoms with Gasteiger partial charge in [0, 0.05) is 73.5 Å². The molecule has 10 nitrogen and oxygen atoms in total. The minimum Gasteiger partial charge on any atom is -0.372 e. The summed E-state index contributed by atoms with van der Waals surface area (Å²) < 4.78 is 14.7. The topological polar surface area (TPSA) is 118 Å². The standard InChI is InChI=1S/C32H34N8O2S2/c1-20-16-26(44(3,42)25-8-9-25)19-35-28(20)27-17-21-18-36-31(38-29(21)40(30(27)41)32-34-14-15-43-32)37-22-4-6-23(7-5-22)39(2)24-10-12-33-13-11-24/h4-7,14-19,24-25,33H,3,8-13H2,1-2H3,(H,36,37,38). The highest BCUT2D eigenvalue weighted by Crippen LogP contribution is 2.35. The maximum absolute atomic E-state index is 14.1. The Morgan fingerprint density at radius 3 is 2.52 bits per heavy atom. The largest absolute Gasteiger partial charge is 0.372 e. The highest BCUT2D eigenvalue weighted by molar-refractivity contribution is 8.01. The van der Waals surface area contributed by atoms with E-state index in [-0.39, 0.29) is 10.8 Å². The number of aromatic nitrogens is 5. The summed E-state index contributed by atoms with van der Waals surface area (Å²) in [6, 6.07) is 12.4. The number of anilines is 3. The van der Waals surface area contributed by atoms with E-state index in [1.54, 1.807) is 24.7 Å². The van der Waals surface area contributed by atoms with Gasteiger partial charge in [0.1, 0.15) is 0 Å². The van der Waals surface area contributed by atoms with Gasteiger partial charge in [-0.2, -0.15) is 4.98 Å². The van der Waals surface area contributed by atoms with Gasteiger partial charge in [-0.05, 0) is 93.5 Å². The van der Waals surface area contributed by atoms with Crippen LogP contribution in [0, 0.1) is 6.92 Å². The van der Waals surface area contributed by atoms with Crippen LogP contribution in [0.25, 0.3) is 27.4 Å². The molecular weight excluding hydrogens is 593 g/mol. The minimum absolute atomic E-state index is 0.107. The van der Waals surface area contributed by atoms with Crippen LogP contribution in [0.15, 0.2) is 70.1 Å². The molecule has 5 aromatic rings. The fourth-order valence-corrected chi connectivity index (χ4v) is 8.34. The molecule has 1 saturated carbocycles. The highest BCUT2D eigenvalue weighted by atomic mass is 32.2. The molecule has 0 amide bonds. The number of aryl methyl sites for hydroxylation is 1. The summed E-state index contributed by atoms with van der Waals surface area (Å²) in [5.41, 5.74) is 3.84. The van der Waals surface area contributed by atoms with Gasteiger partial charge in [-0.15, -0.1) is 11.3 Å². The number of nitrogens with one attached hydrogen (secondary N) is 2. The molecule has 44 heavy (non-hydrogen) atoms. The number of benzene rings is 1. The lowest BCUT2D eigenvalue weighted by molar-refractivity contribution is 0.443. The van der Waals surface area contributed by atoms with Crippen molar-refractivity contribution in [1.29, 1.82) is 0 Å². The predicted octanol–water partition coefficient (Wildman–Crippen LogP) is 4.78. The number of nitrogens with zero attached hydrogens (tertiary/aromatic N) is 6. The number of hydrogen-bond acceptors (Lipinski definition) is 10. The van der Waals surface area contributed by atoms with Crippen LogP contribution in [0.1, 0.15) is 31.2 Å². The van der Waals surface area contributed by atoms with Crippen molar-refractivity contribution in [2.24, 2.45) is 0 Å². The maximum atomic E-state index is 14.1. The second-order valence-electron chi connectivity index (χ2n) is 11.5. The normalized spacial score (nSPS) is 17.0. The second-order valence-corrected chi connectivity index (χ2v) is 15.0. The molecule has 1 unspecified atom stereocenters. The fraction of sp³-hybridized carbons (Fsp3) is 0.312. The zero-order valence-electron chi connectivity index (χ0n) is 24.7. The van der Waals surface area contributed by atoms with Crippen LogP contribution >= 0.6 is 11.3 Å². The van der Waals surface area contributed by atoms with Gasteiger partial charge in [0.25, 0.3) is 5.56 Å². The van der Waals surface area contributed by atoms with E-state index in [0.29, 0.717) is 44.3 Å². The van der Waals surface area contributed by atoms with Crippen molar-refractivity contribution in [3.8, 4) is 16.4 Å². The van der Waals surface area contributed by atoms with Crippen molar-refractivity contribution < 1.29 is 4.21 Å². The molecule has 0 spiro atoms. The third kappa shape index (κ3) is 5.37. The molecule has 2 N–H and O–H groups in total. The average Bonchev–Trinajstić information content (AvgIpc) is 3.78. The van der Waals surface area contributed by atoms with E-state index in [4.69, 9.17) is 4.98 Å². The van der Waals surface area contributed by atoms with Crippen molar-refractivity contribution in [2.75, 3.05) is 30.4 Å². The van der Waals surface area contributed by atoms with Crippen LogP contribution in [0.3, 0.4) is 0 Å². The van der Waals surface area contributed by atoms with E-state index in [2.05, 4.69) is 55.5 Å². The molecule has 1 aliphatic carbocycles. The summed E-state index contributed by atoms with van der Waals surface area (Å²) in [6.45, 7) is 3.97. The molecule has 1 saturated heterocycles. The van der Waals surface area contributed by atoms with Crippen molar-refractivity contribution in [3.63, 3.8) is 0 Å². The van der Waals surface area contributed by atoms with E-state index in [1.165, 1.54) is 15.9 Å². The Labute approximate surface area is 260 Å². The van der Waals surface area contributed by atoms with Crippen molar-refractivity contribution >= 4 is 55.1 Å². The minimum atomic E-state index is -2.40. The van der Waals surface area contributed by atoms with Crippen LogP contribution < -0.4 is 21.1 Å². The lowest BCUT2D eigenvalue weighted by Gasteiger charge is -2.33. The van der Waals surface area contributed by atoms with Gasteiger partial charge in [0.15, 0.2) is 10.8 Å². The SMILES string of the molecule is C=S(=O)(c1cnc(-c2cc3cnc(Nc4ccc(N(C)C5CCNCC5)cc4)nc3n(-c3nccs3)c2=O)c(C)c1)C1CC1. The van der Waals surface area contributed by atoms with Gasteiger partial charge < -0.3 is 15.5 Å². The Bertz CT molecular complexity index is 2000. The molecule has 5 heterocycles.